The van der Waals surface area contributed by atoms with E-state index < -0.39 is 10.0 Å². The van der Waals surface area contributed by atoms with Crippen molar-refractivity contribution in [2.75, 3.05) is 13.1 Å². The van der Waals surface area contributed by atoms with Crippen LogP contribution in [0.2, 0.25) is 5.02 Å². The highest BCUT2D eigenvalue weighted by molar-refractivity contribution is 7.89. The van der Waals surface area contributed by atoms with Crippen LogP contribution in [0.25, 0.3) is 0 Å². The monoisotopic (exact) mass is 376 g/mol. The van der Waals surface area contributed by atoms with Crippen LogP contribution in [-0.2, 0) is 22.9 Å². The van der Waals surface area contributed by atoms with Gasteiger partial charge >= 0.3 is 0 Å². The van der Waals surface area contributed by atoms with Crippen LogP contribution in [0.4, 0.5) is 0 Å². The molecule has 2 heterocycles. The quantitative estimate of drug-likeness (QED) is 0.891. The first-order valence-electron chi connectivity index (χ1n) is 8.26. The maximum atomic E-state index is 13.0. The fraction of sp³-hybridized carbons (Fsp3) is 0.412. The molecule has 0 spiro atoms. The lowest BCUT2D eigenvalue weighted by atomic mass is 10.1. The van der Waals surface area contributed by atoms with Crippen molar-refractivity contribution in [2.45, 2.75) is 36.5 Å². The Hall–Kier alpha value is -1.88. The first-order chi connectivity index (χ1) is 12.0. The molecule has 25 heavy (non-hydrogen) atoms. The number of nitrogens with zero attached hydrogens (tertiary/aromatic N) is 3. The molecule has 1 saturated carbocycles. The second kappa shape index (κ2) is 6.13. The molecule has 2 aromatic rings. The summed E-state index contributed by atoms with van der Waals surface area (Å²) in [4.78, 5) is 0.0549. The number of nitrogens with one attached hydrogen (secondary N) is 1. The van der Waals surface area contributed by atoms with Crippen molar-refractivity contribution in [3.63, 3.8) is 0 Å². The minimum Gasteiger partial charge on any atom is -0.282 e. The second-order valence-electron chi connectivity index (χ2n) is 6.50. The van der Waals surface area contributed by atoms with Gasteiger partial charge in [0.1, 0.15) is 4.90 Å². The molecule has 0 unspecified atom stereocenters. The van der Waals surface area contributed by atoms with E-state index in [2.05, 4.69) is 10.2 Å². The fourth-order valence-corrected chi connectivity index (χ4v) is 5.30. The van der Waals surface area contributed by atoms with Crippen molar-refractivity contribution in [2.24, 2.45) is 0 Å². The SMILES string of the molecule is N#Cc1ccc(S(=O)(=O)N2CCc3[nH]nc(C4CC4)c3CC2)c(Cl)c1. The molecular weight excluding hydrogens is 360 g/mol. The highest BCUT2D eigenvalue weighted by atomic mass is 35.5. The summed E-state index contributed by atoms with van der Waals surface area (Å²) in [7, 11) is -3.70. The van der Waals surface area contributed by atoms with Crippen molar-refractivity contribution in [3.05, 3.63) is 45.7 Å². The van der Waals surface area contributed by atoms with Crippen LogP contribution in [0.5, 0.6) is 0 Å². The number of aromatic amines is 1. The van der Waals surface area contributed by atoms with E-state index in [9.17, 15) is 8.42 Å². The van der Waals surface area contributed by atoms with Crippen LogP contribution >= 0.6 is 11.6 Å². The van der Waals surface area contributed by atoms with Gasteiger partial charge in [-0.2, -0.15) is 14.7 Å². The molecule has 0 radical (unpaired) electrons. The van der Waals surface area contributed by atoms with E-state index in [1.165, 1.54) is 40.9 Å². The minimum absolute atomic E-state index is 0.0549. The molecule has 1 aromatic carbocycles. The van der Waals surface area contributed by atoms with E-state index in [0.29, 0.717) is 37.4 Å². The summed E-state index contributed by atoms with van der Waals surface area (Å²) >= 11 is 6.12. The van der Waals surface area contributed by atoms with Crippen LogP contribution in [-0.4, -0.2) is 36.0 Å². The summed E-state index contributed by atoms with van der Waals surface area (Å²) in [6.07, 6.45) is 3.60. The molecule has 1 N–H and O–H groups in total. The average molecular weight is 377 g/mol. The number of benzene rings is 1. The van der Waals surface area contributed by atoms with Gasteiger partial charge in [-0.05, 0) is 43.0 Å². The molecule has 1 aliphatic heterocycles. The van der Waals surface area contributed by atoms with Crippen molar-refractivity contribution < 1.29 is 8.42 Å². The Morgan fingerprint density at radius 2 is 2.04 bits per heavy atom. The summed E-state index contributed by atoms with van der Waals surface area (Å²) in [6, 6.07) is 6.25. The number of hydrogen-bond donors (Lipinski definition) is 1. The predicted molar refractivity (Wildman–Crippen MR) is 92.9 cm³/mol. The fourth-order valence-electron chi connectivity index (χ4n) is 3.34. The van der Waals surface area contributed by atoms with Crippen molar-refractivity contribution in [3.8, 4) is 6.07 Å². The van der Waals surface area contributed by atoms with Crippen molar-refractivity contribution in [1.82, 2.24) is 14.5 Å². The zero-order valence-corrected chi connectivity index (χ0v) is 15.1. The third-order valence-electron chi connectivity index (χ3n) is 4.85. The lowest BCUT2D eigenvalue weighted by molar-refractivity contribution is 0.425. The van der Waals surface area contributed by atoms with E-state index in [1.807, 2.05) is 6.07 Å². The van der Waals surface area contributed by atoms with Gasteiger partial charge in [-0.3, -0.25) is 5.10 Å². The van der Waals surface area contributed by atoms with E-state index in [-0.39, 0.29) is 9.92 Å². The van der Waals surface area contributed by atoms with E-state index >= 15 is 0 Å². The molecule has 2 aliphatic rings. The zero-order valence-electron chi connectivity index (χ0n) is 13.5. The van der Waals surface area contributed by atoms with E-state index in [0.717, 1.165) is 11.4 Å². The first-order valence-corrected chi connectivity index (χ1v) is 10.1. The predicted octanol–water partition coefficient (Wildman–Crippen LogP) is 2.60. The van der Waals surface area contributed by atoms with Gasteiger partial charge in [0.15, 0.2) is 0 Å². The number of H-pyrrole nitrogens is 1. The first kappa shape index (κ1) is 16.6. The Bertz CT molecular complexity index is 973. The normalized spacial score (nSPS) is 18.4. The molecule has 0 atom stereocenters. The van der Waals surface area contributed by atoms with Gasteiger partial charge in [0.25, 0.3) is 0 Å². The van der Waals surface area contributed by atoms with Gasteiger partial charge in [-0.1, -0.05) is 11.6 Å². The van der Waals surface area contributed by atoms with Gasteiger partial charge in [0, 0.05) is 31.1 Å². The number of fused-ring (bicyclic) bond motifs is 1. The number of aromatic nitrogens is 2. The Morgan fingerprint density at radius 3 is 2.72 bits per heavy atom. The molecule has 8 heteroatoms. The number of hydrogen-bond acceptors (Lipinski definition) is 4. The molecule has 130 valence electrons. The van der Waals surface area contributed by atoms with E-state index in [4.69, 9.17) is 16.9 Å². The maximum Gasteiger partial charge on any atom is 0.244 e. The smallest absolute Gasteiger partial charge is 0.244 e. The molecule has 4 rings (SSSR count). The standard InChI is InChI=1S/C17H17ClN4O2S/c18-14-9-11(10-19)1-4-16(14)25(23,24)22-7-5-13-15(6-8-22)20-21-17(13)12-2-3-12/h1,4,9,12H,2-3,5-8H2,(H,20,21). The molecule has 0 bridgehead atoms. The minimum atomic E-state index is -3.70. The van der Waals surface area contributed by atoms with Gasteiger partial charge in [0.05, 0.1) is 22.3 Å². The van der Waals surface area contributed by atoms with Crippen molar-refractivity contribution in [1.29, 1.82) is 5.26 Å². The van der Waals surface area contributed by atoms with Gasteiger partial charge in [-0.15, -0.1) is 0 Å². The second-order valence-corrected chi connectivity index (χ2v) is 8.81. The zero-order chi connectivity index (χ0) is 17.6. The third kappa shape index (κ3) is 2.95. The van der Waals surface area contributed by atoms with Crippen LogP contribution < -0.4 is 0 Å². The molecule has 0 saturated heterocycles. The number of rotatable bonds is 3. The topological polar surface area (TPSA) is 89.9 Å². The lowest BCUT2D eigenvalue weighted by Crippen LogP contribution is -2.33. The number of halogens is 1. The van der Waals surface area contributed by atoms with Gasteiger partial charge in [0.2, 0.25) is 10.0 Å². The molecule has 1 aromatic heterocycles. The number of sulfonamides is 1. The van der Waals surface area contributed by atoms with Crippen LogP contribution in [0.15, 0.2) is 23.1 Å². The van der Waals surface area contributed by atoms with Crippen LogP contribution in [0.3, 0.4) is 0 Å². The Morgan fingerprint density at radius 1 is 1.28 bits per heavy atom. The van der Waals surface area contributed by atoms with Crippen LogP contribution in [0.1, 0.15) is 41.3 Å². The summed E-state index contributed by atoms with van der Waals surface area (Å²) < 4.78 is 27.5. The van der Waals surface area contributed by atoms with Crippen LogP contribution in [0, 0.1) is 11.3 Å². The average Bonchev–Trinajstić information content (AvgIpc) is 3.39. The summed E-state index contributed by atoms with van der Waals surface area (Å²) in [5.74, 6) is 0.538. The third-order valence-corrected chi connectivity index (χ3v) is 7.23. The Balaban J connectivity index is 1.61. The van der Waals surface area contributed by atoms with Gasteiger partial charge < -0.3 is 0 Å². The largest absolute Gasteiger partial charge is 0.282 e. The summed E-state index contributed by atoms with van der Waals surface area (Å²) in [6.45, 7) is 0.795. The highest BCUT2D eigenvalue weighted by Gasteiger charge is 2.34. The Labute approximate surface area is 151 Å². The lowest BCUT2D eigenvalue weighted by Gasteiger charge is -2.20. The number of nitriles is 1. The molecule has 1 fully saturated rings. The summed E-state index contributed by atoms with van der Waals surface area (Å²) in [5, 5.41) is 16.5. The molecule has 0 amide bonds. The maximum absolute atomic E-state index is 13.0. The summed E-state index contributed by atoms with van der Waals surface area (Å²) in [5.41, 5.74) is 3.69. The molecule has 6 nitrogen and oxygen atoms in total. The van der Waals surface area contributed by atoms with Crippen molar-refractivity contribution >= 4 is 21.6 Å². The highest BCUT2D eigenvalue weighted by Crippen LogP contribution is 2.42. The molecule has 1 aliphatic carbocycles. The Kier molecular flexibility index (Phi) is 4.07. The molecular formula is C17H17ClN4O2S. The van der Waals surface area contributed by atoms with Gasteiger partial charge in [-0.25, -0.2) is 8.42 Å². The van der Waals surface area contributed by atoms with E-state index in [1.54, 1.807) is 0 Å².